The molecule has 0 atom stereocenters. The number of benzene rings is 1. The van der Waals surface area contributed by atoms with Crippen LogP contribution < -0.4 is 10.9 Å². The molecule has 0 radical (unpaired) electrons. The van der Waals surface area contributed by atoms with E-state index in [-0.39, 0.29) is 22.0 Å². The first kappa shape index (κ1) is 13.8. The minimum absolute atomic E-state index is 0.0350. The Morgan fingerprint density at radius 3 is 2.60 bits per heavy atom. The first-order chi connectivity index (χ1) is 9.47. The quantitative estimate of drug-likeness (QED) is 0.753. The van der Waals surface area contributed by atoms with Crippen molar-refractivity contribution < 1.29 is 14.7 Å². The number of carbonyl (C=O) groups excluding carboxylic acids is 1. The molecule has 2 rings (SSSR count). The molecule has 0 fully saturated rings. The van der Waals surface area contributed by atoms with Crippen molar-refractivity contribution in [3.05, 3.63) is 63.0 Å². The van der Waals surface area contributed by atoms with Gasteiger partial charge < -0.3 is 15.4 Å². The Morgan fingerprint density at radius 2 is 1.95 bits per heavy atom. The van der Waals surface area contributed by atoms with Gasteiger partial charge in [0.05, 0.1) is 5.56 Å². The molecule has 3 N–H and O–H groups in total. The Bertz CT molecular complexity index is 739. The van der Waals surface area contributed by atoms with Gasteiger partial charge in [-0.3, -0.25) is 9.59 Å². The van der Waals surface area contributed by atoms with E-state index in [1.807, 2.05) is 0 Å². The molecule has 0 aliphatic heterocycles. The Morgan fingerprint density at radius 1 is 1.20 bits per heavy atom. The summed E-state index contributed by atoms with van der Waals surface area (Å²) in [4.78, 5) is 36.6. The summed E-state index contributed by atoms with van der Waals surface area (Å²) < 4.78 is 0. The molecule has 2 aromatic rings. The first-order valence-electron chi connectivity index (χ1n) is 5.51. The third kappa shape index (κ3) is 3.04. The SMILES string of the molecule is O=C(O)c1cccc(NC(=O)c2ccc(Cl)[nH]c2=O)c1. The van der Waals surface area contributed by atoms with Gasteiger partial charge in [0.25, 0.3) is 11.5 Å². The van der Waals surface area contributed by atoms with Crippen LogP contribution in [0.1, 0.15) is 20.7 Å². The van der Waals surface area contributed by atoms with E-state index in [1.165, 1.54) is 36.4 Å². The number of aromatic amines is 1. The van der Waals surface area contributed by atoms with E-state index in [0.29, 0.717) is 0 Å². The number of aromatic nitrogens is 1. The monoisotopic (exact) mass is 292 g/mol. The molecule has 1 heterocycles. The number of aromatic carboxylic acids is 1. The lowest BCUT2D eigenvalue weighted by molar-refractivity contribution is 0.0696. The van der Waals surface area contributed by atoms with Crippen LogP contribution in [0.2, 0.25) is 5.15 Å². The normalized spacial score (nSPS) is 10.1. The van der Waals surface area contributed by atoms with E-state index in [9.17, 15) is 14.4 Å². The average Bonchev–Trinajstić information content (AvgIpc) is 2.38. The number of halogens is 1. The van der Waals surface area contributed by atoms with Gasteiger partial charge in [-0.15, -0.1) is 0 Å². The molecule has 6 nitrogen and oxygen atoms in total. The maximum atomic E-state index is 11.9. The summed E-state index contributed by atoms with van der Waals surface area (Å²) in [6, 6.07) is 8.38. The zero-order valence-corrected chi connectivity index (χ0v) is 10.8. The summed E-state index contributed by atoms with van der Waals surface area (Å²) in [5, 5.41) is 11.4. The fourth-order valence-corrected chi connectivity index (χ4v) is 1.71. The number of anilines is 1. The average molecular weight is 293 g/mol. The lowest BCUT2D eigenvalue weighted by atomic mass is 10.2. The predicted molar refractivity (Wildman–Crippen MR) is 73.4 cm³/mol. The Hall–Kier alpha value is -2.60. The molecule has 1 aromatic carbocycles. The second kappa shape index (κ2) is 5.58. The fourth-order valence-electron chi connectivity index (χ4n) is 1.56. The molecule has 1 aromatic heterocycles. The summed E-state index contributed by atoms with van der Waals surface area (Å²) >= 11 is 5.58. The third-order valence-corrected chi connectivity index (χ3v) is 2.71. The maximum absolute atomic E-state index is 11.9. The maximum Gasteiger partial charge on any atom is 0.335 e. The number of hydrogen-bond donors (Lipinski definition) is 3. The lowest BCUT2D eigenvalue weighted by Gasteiger charge is -2.05. The van der Waals surface area contributed by atoms with E-state index >= 15 is 0 Å². The van der Waals surface area contributed by atoms with E-state index in [1.54, 1.807) is 0 Å². The molecular formula is C13H9ClN2O4. The molecule has 1 amide bonds. The van der Waals surface area contributed by atoms with Gasteiger partial charge in [-0.1, -0.05) is 17.7 Å². The van der Waals surface area contributed by atoms with Crippen LogP contribution in [0.15, 0.2) is 41.2 Å². The number of hydrogen-bond acceptors (Lipinski definition) is 3. The molecule has 0 unspecified atom stereocenters. The minimum atomic E-state index is -1.11. The van der Waals surface area contributed by atoms with Crippen LogP contribution in [0.5, 0.6) is 0 Å². The molecule has 0 aliphatic carbocycles. The van der Waals surface area contributed by atoms with E-state index < -0.39 is 17.4 Å². The Kier molecular flexibility index (Phi) is 3.86. The summed E-state index contributed by atoms with van der Waals surface area (Å²) in [7, 11) is 0. The highest BCUT2D eigenvalue weighted by Crippen LogP contribution is 2.12. The van der Waals surface area contributed by atoms with Crippen molar-refractivity contribution in [1.82, 2.24) is 4.98 Å². The molecule has 0 saturated heterocycles. The molecule has 0 bridgehead atoms. The zero-order chi connectivity index (χ0) is 14.7. The molecular weight excluding hydrogens is 284 g/mol. The van der Waals surface area contributed by atoms with Crippen molar-refractivity contribution in [3.8, 4) is 0 Å². The molecule has 0 saturated carbocycles. The van der Waals surface area contributed by atoms with Gasteiger partial charge in [0.2, 0.25) is 0 Å². The number of carboxylic acids is 1. The van der Waals surface area contributed by atoms with Crippen molar-refractivity contribution >= 4 is 29.2 Å². The van der Waals surface area contributed by atoms with Crippen molar-refractivity contribution in [1.29, 1.82) is 0 Å². The number of amides is 1. The topological polar surface area (TPSA) is 99.3 Å². The summed E-state index contributed by atoms with van der Waals surface area (Å²) in [6.45, 7) is 0. The van der Waals surface area contributed by atoms with Crippen molar-refractivity contribution in [2.45, 2.75) is 0 Å². The smallest absolute Gasteiger partial charge is 0.335 e. The second-order valence-electron chi connectivity index (χ2n) is 3.89. The largest absolute Gasteiger partial charge is 0.478 e. The van der Waals surface area contributed by atoms with Crippen LogP contribution in [0.4, 0.5) is 5.69 Å². The summed E-state index contributed by atoms with van der Waals surface area (Å²) in [5.41, 5.74) is -0.420. The van der Waals surface area contributed by atoms with Gasteiger partial charge in [0.1, 0.15) is 10.7 Å². The molecule has 20 heavy (non-hydrogen) atoms. The van der Waals surface area contributed by atoms with Crippen LogP contribution in [-0.4, -0.2) is 22.0 Å². The van der Waals surface area contributed by atoms with Crippen LogP contribution >= 0.6 is 11.6 Å². The van der Waals surface area contributed by atoms with Gasteiger partial charge in [-0.25, -0.2) is 4.79 Å². The van der Waals surface area contributed by atoms with Gasteiger partial charge in [0.15, 0.2) is 0 Å². The number of rotatable bonds is 3. The first-order valence-corrected chi connectivity index (χ1v) is 5.88. The Labute approximate surface area is 118 Å². The van der Waals surface area contributed by atoms with Crippen LogP contribution in [0.3, 0.4) is 0 Å². The highest BCUT2D eigenvalue weighted by molar-refractivity contribution is 6.29. The number of pyridine rings is 1. The van der Waals surface area contributed by atoms with Crippen LogP contribution in [-0.2, 0) is 0 Å². The number of carboxylic acid groups (broad SMARTS) is 1. The molecule has 7 heteroatoms. The standard InChI is InChI=1S/C13H9ClN2O4/c14-10-5-4-9(12(18)16-10)11(17)15-8-3-1-2-7(6-8)13(19)20/h1-6H,(H,15,17)(H,16,18)(H,19,20). The third-order valence-electron chi connectivity index (χ3n) is 2.49. The molecule has 102 valence electrons. The summed E-state index contributed by atoms with van der Waals surface area (Å²) in [5.74, 6) is -1.75. The Balaban J connectivity index is 2.25. The number of carbonyl (C=O) groups is 2. The highest BCUT2D eigenvalue weighted by Gasteiger charge is 2.12. The lowest BCUT2D eigenvalue weighted by Crippen LogP contribution is -2.22. The van der Waals surface area contributed by atoms with Gasteiger partial charge in [-0.2, -0.15) is 0 Å². The van der Waals surface area contributed by atoms with Crippen LogP contribution in [0.25, 0.3) is 0 Å². The van der Waals surface area contributed by atoms with Crippen molar-refractivity contribution in [2.24, 2.45) is 0 Å². The minimum Gasteiger partial charge on any atom is -0.478 e. The number of H-pyrrole nitrogens is 1. The van der Waals surface area contributed by atoms with Gasteiger partial charge in [0, 0.05) is 5.69 Å². The second-order valence-corrected chi connectivity index (χ2v) is 4.30. The van der Waals surface area contributed by atoms with Crippen molar-refractivity contribution in [2.75, 3.05) is 5.32 Å². The van der Waals surface area contributed by atoms with E-state index in [4.69, 9.17) is 16.7 Å². The fraction of sp³-hybridized carbons (Fsp3) is 0. The van der Waals surface area contributed by atoms with Crippen molar-refractivity contribution in [3.63, 3.8) is 0 Å². The van der Waals surface area contributed by atoms with Crippen LogP contribution in [0, 0.1) is 0 Å². The highest BCUT2D eigenvalue weighted by atomic mass is 35.5. The van der Waals surface area contributed by atoms with Gasteiger partial charge in [-0.05, 0) is 30.3 Å². The van der Waals surface area contributed by atoms with Gasteiger partial charge >= 0.3 is 5.97 Å². The summed E-state index contributed by atoms with van der Waals surface area (Å²) in [6.07, 6.45) is 0. The number of nitrogens with one attached hydrogen (secondary N) is 2. The molecule has 0 aliphatic rings. The zero-order valence-electron chi connectivity index (χ0n) is 10.0. The van der Waals surface area contributed by atoms with E-state index in [2.05, 4.69) is 10.3 Å². The molecule has 0 spiro atoms. The predicted octanol–water partition coefficient (Wildman–Crippen LogP) is 1.98. The van der Waals surface area contributed by atoms with E-state index in [0.717, 1.165) is 0 Å².